The zero-order chi connectivity index (χ0) is 26.1. The highest BCUT2D eigenvalue weighted by Crippen LogP contribution is 2.47. The molecule has 1 saturated carbocycles. The summed E-state index contributed by atoms with van der Waals surface area (Å²) in [6.45, 7) is 0. The summed E-state index contributed by atoms with van der Waals surface area (Å²) in [5.41, 5.74) is 0.928. The van der Waals surface area contributed by atoms with Crippen LogP contribution in [0.3, 0.4) is 0 Å². The van der Waals surface area contributed by atoms with Gasteiger partial charge in [-0.1, -0.05) is 12.1 Å². The van der Waals surface area contributed by atoms with Crippen molar-refractivity contribution in [1.82, 2.24) is 9.97 Å². The number of carbonyl (C=O) groups excluding carboxylic acids is 2. The summed E-state index contributed by atoms with van der Waals surface area (Å²) >= 11 is 0. The van der Waals surface area contributed by atoms with Crippen LogP contribution < -0.4 is 20.1 Å². The minimum atomic E-state index is -1.16. The van der Waals surface area contributed by atoms with Crippen LogP contribution in [0.1, 0.15) is 18.4 Å². The molecule has 2 aliphatic rings. The number of halogens is 1. The maximum absolute atomic E-state index is 13.1. The van der Waals surface area contributed by atoms with Crippen LogP contribution in [0.2, 0.25) is 0 Å². The summed E-state index contributed by atoms with van der Waals surface area (Å²) in [4.78, 5) is 38.5. The molecule has 38 heavy (non-hydrogen) atoms. The third-order valence-corrected chi connectivity index (χ3v) is 6.26. The van der Waals surface area contributed by atoms with E-state index < -0.39 is 23.0 Å². The first-order valence-electron chi connectivity index (χ1n) is 11.8. The number of amides is 2. The van der Waals surface area contributed by atoms with Crippen LogP contribution in [0.5, 0.6) is 23.3 Å². The van der Waals surface area contributed by atoms with Crippen molar-refractivity contribution in [2.45, 2.75) is 12.8 Å². The van der Waals surface area contributed by atoms with Gasteiger partial charge in [0.1, 0.15) is 29.1 Å². The molecule has 0 saturated heterocycles. The number of nitrogens with zero attached hydrogens (tertiary/aromatic N) is 3. The second-order valence-electron chi connectivity index (χ2n) is 8.85. The van der Waals surface area contributed by atoms with E-state index in [9.17, 15) is 14.0 Å². The Labute approximate surface area is 216 Å². The van der Waals surface area contributed by atoms with Gasteiger partial charge in [0, 0.05) is 23.2 Å². The van der Waals surface area contributed by atoms with E-state index in [4.69, 9.17) is 9.47 Å². The number of nitrogens with one attached hydrogen (secondary N) is 2. The Morgan fingerprint density at radius 2 is 1.53 bits per heavy atom. The monoisotopic (exact) mass is 509 g/mol. The van der Waals surface area contributed by atoms with Crippen LogP contribution in [-0.2, 0) is 9.59 Å². The van der Waals surface area contributed by atoms with Gasteiger partial charge in [-0.05, 0) is 73.5 Å². The minimum absolute atomic E-state index is 0.213. The van der Waals surface area contributed by atoms with Gasteiger partial charge in [-0.3, -0.25) is 9.59 Å². The van der Waals surface area contributed by atoms with Crippen molar-refractivity contribution in [2.75, 3.05) is 10.6 Å². The Bertz CT molecular complexity index is 1570. The van der Waals surface area contributed by atoms with Crippen LogP contribution in [0.25, 0.3) is 0 Å². The van der Waals surface area contributed by atoms with Crippen molar-refractivity contribution >= 4 is 35.1 Å². The summed E-state index contributed by atoms with van der Waals surface area (Å²) in [7, 11) is 0. The molecule has 1 fully saturated rings. The van der Waals surface area contributed by atoms with Crippen molar-refractivity contribution in [1.29, 1.82) is 0 Å². The molecule has 188 valence electrons. The molecule has 2 N–H and O–H groups in total. The number of fused-ring (bicyclic) bond motifs is 2. The predicted octanol–water partition coefficient (Wildman–Crippen LogP) is 5.62. The average molecular weight is 509 g/mol. The van der Waals surface area contributed by atoms with Gasteiger partial charge in [0.05, 0.1) is 0 Å². The SMILES string of the molecule is O=C(Nc1ccc(F)cc1)C1(C(=O)Nc2ccc(Oc3ncnc4c3N=Cc3ccccc3O4)cc2)CC1. The molecule has 2 heterocycles. The number of anilines is 2. The van der Waals surface area contributed by atoms with Crippen molar-refractivity contribution in [3.63, 3.8) is 0 Å². The largest absolute Gasteiger partial charge is 0.437 e. The maximum atomic E-state index is 13.1. The molecule has 1 aliphatic heterocycles. The summed E-state index contributed by atoms with van der Waals surface area (Å²) in [5, 5.41) is 5.49. The molecule has 10 heteroatoms. The lowest BCUT2D eigenvalue weighted by atomic mass is 10.0. The third kappa shape index (κ3) is 4.55. The zero-order valence-electron chi connectivity index (χ0n) is 19.8. The molecule has 0 bridgehead atoms. The van der Waals surface area contributed by atoms with Crippen LogP contribution in [-0.4, -0.2) is 28.0 Å². The molecule has 0 radical (unpaired) electrons. The fourth-order valence-electron chi connectivity index (χ4n) is 3.96. The second-order valence-corrected chi connectivity index (χ2v) is 8.85. The summed E-state index contributed by atoms with van der Waals surface area (Å²) in [6, 6.07) is 19.5. The number of aliphatic imine (C=N–C) groups is 1. The Morgan fingerprint density at radius 1 is 0.868 bits per heavy atom. The van der Waals surface area contributed by atoms with E-state index in [0.29, 0.717) is 41.4 Å². The van der Waals surface area contributed by atoms with E-state index in [1.807, 2.05) is 24.3 Å². The van der Waals surface area contributed by atoms with Gasteiger partial charge >= 0.3 is 0 Å². The lowest BCUT2D eigenvalue weighted by molar-refractivity contribution is -0.131. The first-order valence-corrected chi connectivity index (χ1v) is 11.8. The smallest absolute Gasteiger partial charge is 0.252 e. The second kappa shape index (κ2) is 9.40. The van der Waals surface area contributed by atoms with E-state index in [1.165, 1.54) is 30.6 Å². The molecule has 0 atom stereocenters. The van der Waals surface area contributed by atoms with Gasteiger partial charge in [-0.15, -0.1) is 0 Å². The lowest BCUT2D eigenvalue weighted by Gasteiger charge is -2.16. The van der Waals surface area contributed by atoms with Gasteiger partial charge in [0.2, 0.25) is 11.8 Å². The normalized spacial score (nSPS) is 14.2. The Hall–Kier alpha value is -5.12. The number of para-hydroxylation sites is 1. The molecule has 9 nitrogen and oxygen atoms in total. The Morgan fingerprint density at radius 3 is 2.21 bits per heavy atom. The van der Waals surface area contributed by atoms with Crippen LogP contribution in [0, 0.1) is 11.2 Å². The molecule has 1 aromatic heterocycles. The standard InChI is InChI=1S/C28H20FN5O4/c29-18-5-7-19(8-6-18)33-26(35)28(13-14-28)27(36)34-20-9-11-21(12-10-20)37-24-23-25(32-16-31-24)38-22-4-2-1-3-17(22)15-30-23/h1-12,15-16H,13-14H2,(H,33,35)(H,34,36). The van der Waals surface area contributed by atoms with Crippen molar-refractivity contribution in [3.8, 4) is 23.3 Å². The van der Waals surface area contributed by atoms with E-state index in [2.05, 4.69) is 25.6 Å². The van der Waals surface area contributed by atoms with Crippen LogP contribution in [0.4, 0.5) is 21.5 Å². The Balaban J connectivity index is 1.13. The molecular weight excluding hydrogens is 489 g/mol. The fourth-order valence-corrected chi connectivity index (χ4v) is 3.96. The van der Waals surface area contributed by atoms with Gasteiger partial charge in [-0.25, -0.2) is 9.38 Å². The lowest BCUT2D eigenvalue weighted by Crippen LogP contribution is -2.35. The van der Waals surface area contributed by atoms with Gasteiger partial charge in [0.25, 0.3) is 11.8 Å². The van der Waals surface area contributed by atoms with Crippen LogP contribution >= 0.6 is 0 Å². The first kappa shape index (κ1) is 23.3. The molecular formula is C28H20FN5O4. The first-order chi connectivity index (χ1) is 18.5. The topological polar surface area (TPSA) is 115 Å². The van der Waals surface area contributed by atoms with E-state index in [0.717, 1.165) is 5.56 Å². The number of carbonyl (C=O) groups is 2. The molecule has 0 unspecified atom stereocenters. The molecule has 6 rings (SSSR count). The van der Waals surface area contributed by atoms with Crippen molar-refractivity contribution in [2.24, 2.45) is 10.4 Å². The van der Waals surface area contributed by atoms with Crippen molar-refractivity contribution in [3.05, 3.63) is 90.5 Å². The predicted molar refractivity (Wildman–Crippen MR) is 138 cm³/mol. The summed E-state index contributed by atoms with van der Waals surface area (Å²) < 4.78 is 25.0. The number of hydrogen-bond donors (Lipinski definition) is 2. The molecule has 0 spiro atoms. The summed E-state index contributed by atoms with van der Waals surface area (Å²) in [6.07, 6.45) is 3.85. The summed E-state index contributed by atoms with van der Waals surface area (Å²) in [5.74, 6) is 0.333. The highest BCUT2D eigenvalue weighted by atomic mass is 19.1. The van der Waals surface area contributed by atoms with E-state index in [-0.39, 0.29) is 11.8 Å². The van der Waals surface area contributed by atoms with Gasteiger partial charge in [0.15, 0.2) is 5.69 Å². The highest BCUT2D eigenvalue weighted by Gasteiger charge is 2.56. The maximum Gasteiger partial charge on any atom is 0.252 e. The highest BCUT2D eigenvalue weighted by molar-refractivity contribution is 6.16. The number of benzene rings is 3. The molecule has 1 aliphatic carbocycles. The Kier molecular flexibility index (Phi) is 5.76. The number of hydrogen-bond acceptors (Lipinski definition) is 7. The quantitative estimate of drug-likeness (QED) is 0.287. The van der Waals surface area contributed by atoms with Gasteiger partial charge < -0.3 is 20.1 Å². The van der Waals surface area contributed by atoms with E-state index >= 15 is 0 Å². The third-order valence-electron chi connectivity index (χ3n) is 6.26. The van der Waals surface area contributed by atoms with Crippen molar-refractivity contribution < 1.29 is 23.5 Å². The number of aromatic nitrogens is 2. The molecule has 2 amide bonds. The van der Waals surface area contributed by atoms with Gasteiger partial charge in [-0.2, -0.15) is 9.97 Å². The molecule has 3 aromatic carbocycles. The number of rotatable bonds is 6. The zero-order valence-corrected chi connectivity index (χ0v) is 19.8. The van der Waals surface area contributed by atoms with E-state index in [1.54, 1.807) is 30.5 Å². The number of ether oxygens (including phenoxy) is 2. The molecule has 4 aromatic rings. The van der Waals surface area contributed by atoms with Crippen LogP contribution in [0.15, 0.2) is 84.1 Å². The minimum Gasteiger partial charge on any atom is -0.437 e. The average Bonchev–Trinajstić information content (AvgIpc) is 3.75. The fraction of sp³-hybridized carbons (Fsp3) is 0.107.